The van der Waals surface area contributed by atoms with E-state index < -0.39 is 133 Å². The van der Waals surface area contributed by atoms with Gasteiger partial charge in [0, 0.05) is 44.7 Å². The summed E-state index contributed by atoms with van der Waals surface area (Å²) in [6.45, 7) is 1.79. The highest BCUT2D eigenvalue weighted by molar-refractivity contribution is 5.99. The highest BCUT2D eigenvalue weighted by Crippen LogP contribution is 2.21. The average Bonchev–Trinajstić information content (AvgIpc) is 4.23. The molecule has 0 unspecified atom stereocenters. The highest BCUT2D eigenvalue weighted by atomic mass is 16.3. The number of Topliss-reactive ketones (excluding diaryl/α,β-unsaturated/α-hetero) is 1. The van der Waals surface area contributed by atoms with Gasteiger partial charge in [0.2, 0.25) is 53.2 Å². The summed E-state index contributed by atoms with van der Waals surface area (Å²) in [5, 5.41) is 41.6. The molecule has 10 atom stereocenters. The number of unbranched alkanes of at least 4 members (excludes halogenated alkanes) is 4. The number of carbonyl (C=O) groups is 10. The van der Waals surface area contributed by atoms with E-state index in [0.717, 1.165) is 0 Å². The lowest BCUT2D eigenvalue weighted by molar-refractivity contribution is -0.142. The molecule has 9 amide bonds. The number of ketones is 1. The van der Waals surface area contributed by atoms with E-state index in [2.05, 4.69) is 47.5 Å². The number of nitrogens with two attached hydrogens (primary N) is 10. The van der Waals surface area contributed by atoms with Crippen LogP contribution in [0.5, 0.6) is 0 Å². The second-order valence-corrected chi connectivity index (χ2v) is 20.9. The molecule has 1 saturated heterocycles. The van der Waals surface area contributed by atoms with E-state index in [9.17, 15) is 58.2 Å². The molecule has 1 rings (SSSR count). The van der Waals surface area contributed by atoms with Gasteiger partial charge >= 0.3 is 0 Å². The molecule has 486 valence electrons. The first-order chi connectivity index (χ1) is 40.5. The highest BCUT2D eigenvalue weighted by Gasteiger charge is 2.40. The Morgan fingerprint density at radius 3 is 1.73 bits per heavy atom. The fourth-order valence-electron chi connectivity index (χ4n) is 8.96. The van der Waals surface area contributed by atoms with Gasteiger partial charge in [-0.05, 0) is 142 Å². The van der Waals surface area contributed by atoms with Gasteiger partial charge in [0.1, 0.15) is 36.3 Å². The molecule has 0 saturated carbocycles. The van der Waals surface area contributed by atoms with Crippen LogP contribution in [0.3, 0.4) is 0 Å². The third-order valence-corrected chi connectivity index (χ3v) is 14.0. The van der Waals surface area contributed by atoms with Crippen molar-refractivity contribution >= 4 is 64.9 Å². The van der Waals surface area contributed by atoms with Crippen LogP contribution in [-0.4, -0.2) is 213 Å². The number of hydrogen-bond donors (Lipinski definition) is 20. The second-order valence-electron chi connectivity index (χ2n) is 20.9. The van der Waals surface area contributed by atoms with E-state index in [1.54, 1.807) is 6.08 Å². The van der Waals surface area contributed by atoms with Gasteiger partial charge in [-0.25, -0.2) is 0 Å². The van der Waals surface area contributed by atoms with E-state index in [4.69, 9.17) is 57.3 Å². The Hall–Kier alpha value is -6.49. The number of rotatable bonds is 46. The van der Waals surface area contributed by atoms with Crippen molar-refractivity contribution in [3.63, 3.8) is 0 Å². The summed E-state index contributed by atoms with van der Waals surface area (Å²) >= 11 is 0. The molecule has 85 heavy (non-hydrogen) atoms. The number of guanidine groups is 1. The number of hydrogen-bond acceptors (Lipinski definition) is 21. The number of amides is 9. The first-order valence-corrected chi connectivity index (χ1v) is 29.5. The first-order valence-electron chi connectivity index (χ1n) is 29.5. The van der Waals surface area contributed by atoms with Crippen molar-refractivity contribution in [2.24, 2.45) is 62.3 Å². The zero-order chi connectivity index (χ0) is 63.9. The number of nitrogens with one attached hydrogen (secondary N) is 8. The van der Waals surface area contributed by atoms with Crippen LogP contribution in [0, 0.1) is 0 Å². The van der Waals surface area contributed by atoms with Crippen LogP contribution in [0.15, 0.2) is 16.6 Å². The van der Waals surface area contributed by atoms with E-state index in [0.29, 0.717) is 96.9 Å². The van der Waals surface area contributed by atoms with Gasteiger partial charge < -0.3 is 115 Å². The molecule has 0 aromatic carbocycles. The van der Waals surface area contributed by atoms with E-state index >= 15 is 0 Å². The number of aliphatic hydroxyl groups excluding tert-OH is 2. The zero-order valence-corrected chi connectivity index (χ0v) is 49.5. The van der Waals surface area contributed by atoms with Crippen molar-refractivity contribution in [2.45, 2.75) is 183 Å². The Morgan fingerprint density at radius 2 is 1.14 bits per heavy atom. The number of nitrogens with zero attached hydrogens (tertiary/aromatic N) is 2. The fourth-order valence-corrected chi connectivity index (χ4v) is 8.96. The zero-order valence-electron chi connectivity index (χ0n) is 49.5. The lowest BCUT2D eigenvalue weighted by atomic mass is 9.97. The summed E-state index contributed by atoms with van der Waals surface area (Å²) < 4.78 is 0. The predicted molar refractivity (Wildman–Crippen MR) is 319 cm³/mol. The molecule has 0 spiro atoms. The molecule has 32 heteroatoms. The number of likely N-dealkylation sites (tertiary alicyclic amines) is 1. The van der Waals surface area contributed by atoms with Crippen molar-refractivity contribution in [2.75, 3.05) is 72.0 Å². The van der Waals surface area contributed by atoms with Crippen molar-refractivity contribution in [3.8, 4) is 0 Å². The van der Waals surface area contributed by atoms with Crippen molar-refractivity contribution < 1.29 is 58.2 Å². The lowest BCUT2D eigenvalue weighted by Gasteiger charge is -2.30. The topological polar surface area (TPSA) is 583 Å². The SMILES string of the molecule is C[C@H](NC(=O)[C@@H]1CCCN1C(=O)[C@@H](CCCN)NC(=O)CNC(=O)[C@@H](NC(=O)[C@@H](NC(=O)[C@@H](N)CCCCN)[C@@H](O)CN)[C@@H](O)CN)C(=O)N[C@@H](CCCCN)C(=O)CC/C(=C\CCN=C(N)N)C(=O)N[C@@H](CCCCN)C(=O)NCCCCN. The maximum atomic E-state index is 14.2. The van der Waals surface area contributed by atoms with E-state index in [1.165, 1.54) is 11.8 Å². The molecule has 0 aromatic rings. The minimum atomic E-state index is -1.82. The van der Waals surface area contributed by atoms with Crippen LogP contribution in [0.25, 0.3) is 0 Å². The van der Waals surface area contributed by atoms with Crippen molar-refractivity contribution in [1.82, 2.24) is 47.4 Å². The molecule has 0 radical (unpaired) electrons. The molecule has 32 nitrogen and oxygen atoms in total. The van der Waals surface area contributed by atoms with Gasteiger partial charge in [-0.3, -0.25) is 52.9 Å². The smallest absolute Gasteiger partial charge is 0.247 e. The fraction of sp³-hybridized carbons (Fsp3) is 0.755. The van der Waals surface area contributed by atoms with Gasteiger partial charge in [-0.2, -0.15) is 0 Å². The maximum absolute atomic E-state index is 14.2. The molecule has 0 aromatic heterocycles. The maximum Gasteiger partial charge on any atom is 0.247 e. The van der Waals surface area contributed by atoms with Crippen molar-refractivity contribution in [3.05, 3.63) is 11.6 Å². The van der Waals surface area contributed by atoms with E-state index in [-0.39, 0.29) is 88.4 Å². The first kappa shape index (κ1) is 76.5. The predicted octanol–water partition coefficient (Wildman–Crippen LogP) is -8.09. The quantitative estimate of drug-likeness (QED) is 0.0116. The monoisotopic (exact) mass is 1210 g/mol. The van der Waals surface area contributed by atoms with Crippen LogP contribution < -0.4 is 99.9 Å². The molecule has 0 bridgehead atoms. The Morgan fingerprint density at radius 1 is 0.588 bits per heavy atom. The molecule has 1 fully saturated rings. The Balaban J connectivity index is 3.21. The van der Waals surface area contributed by atoms with Gasteiger partial charge in [-0.15, -0.1) is 0 Å². The molecule has 0 aliphatic carbocycles. The number of carbonyl (C=O) groups excluding carboxylic acids is 10. The van der Waals surface area contributed by atoms with Crippen LogP contribution >= 0.6 is 0 Å². The summed E-state index contributed by atoms with van der Waals surface area (Å²) in [5.74, 6) is -7.55. The van der Waals surface area contributed by atoms with Crippen LogP contribution in [0.1, 0.15) is 122 Å². The molecule has 1 aliphatic rings. The number of aliphatic imine (C=N–C) groups is 1. The lowest BCUT2D eigenvalue weighted by Crippen LogP contribution is -2.63. The minimum Gasteiger partial charge on any atom is -0.389 e. The molecular formula is C53H102N20O12. The standard InChI is InChI=1S/C53H102N20O12/c1-32(45(78)69-35(15-3-6-22-55)39(74)20-19-33(13-11-27-65-53(62)63)46(79)70-36(16-4-7-23-56)48(81)64-26-9-8-24-57)67-49(82)38-18-12-28-73(38)52(85)37(17-10-25-58)68-42(77)31-66-50(83)43(40(75)29-59)72-51(84)44(41(76)30-60)71-47(80)34(61)14-2-5-21-54/h13,32,34-38,40-41,43-44,75-76H,2-12,14-31,54-61H2,1H3,(H,64,81)(H,66,83)(H,67,82)(H,68,77)(H,69,78)(H,70,79)(H,71,80)(H,72,84)(H4,62,63,65)/b33-13+/t32-,34-,35-,36-,37+,38-,40-,41-,43-,44-/m0/s1. The van der Waals surface area contributed by atoms with Gasteiger partial charge in [0.25, 0.3) is 0 Å². The van der Waals surface area contributed by atoms with Gasteiger partial charge in [0.15, 0.2) is 11.7 Å². The Labute approximate surface area is 498 Å². The largest absolute Gasteiger partial charge is 0.389 e. The molecule has 1 heterocycles. The summed E-state index contributed by atoms with van der Waals surface area (Å²) in [5.41, 5.74) is 56.7. The molecule has 1 aliphatic heterocycles. The third kappa shape index (κ3) is 29.9. The molecular weight excluding hydrogens is 1110 g/mol. The summed E-state index contributed by atoms with van der Waals surface area (Å²) in [4.78, 5) is 141. The number of aliphatic hydroxyl groups is 2. The Bertz CT molecular complexity index is 2160. The van der Waals surface area contributed by atoms with Gasteiger partial charge in [0.05, 0.1) is 30.8 Å². The third-order valence-electron chi connectivity index (χ3n) is 14.0. The van der Waals surface area contributed by atoms with Crippen molar-refractivity contribution in [1.29, 1.82) is 0 Å². The average molecular weight is 1210 g/mol. The normalized spacial score (nSPS) is 16.4. The van der Waals surface area contributed by atoms with Gasteiger partial charge in [-0.1, -0.05) is 12.5 Å². The summed E-state index contributed by atoms with van der Waals surface area (Å²) in [6, 6.07) is -10.1. The van der Waals surface area contributed by atoms with E-state index in [1.807, 2.05) is 0 Å². The minimum absolute atomic E-state index is 0.0128. The Kier molecular flexibility index (Phi) is 39.6. The molecule has 30 N–H and O–H groups in total. The van der Waals surface area contributed by atoms with Crippen LogP contribution in [0.4, 0.5) is 0 Å². The second kappa shape index (κ2) is 44.0. The van der Waals surface area contributed by atoms with Crippen LogP contribution in [0.2, 0.25) is 0 Å². The summed E-state index contributed by atoms with van der Waals surface area (Å²) in [6.07, 6.45) is 4.24. The summed E-state index contributed by atoms with van der Waals surface area (Å²) in [7, 11) is 0. The van der Waals surface area contributed by atoms with Crippen LogP contribution in [-0.2, 0) is 47.9 Å².